The van der Waals surface area contributed by atoms with Gasteiger partial charge in [0, 0.05) is 0 Å². The lowest BCUT2D eigenvalue weighted by molar-refractivity contribution is 0.682. The maximum absolute atomic E-state index is 5.13. The second-order valence-corrected chi connectivity index (χ2v) is 2.40. The van der Waals surface area contributed by atoms with E-state index in [1.165, 1.54) is 11.5 Å². The summed E-state index contributed by atoms with van der Waals surface area (Å²) in [6, 6.07) is -0.264. The topological polar surface area (TPSA) is 63.8 Å². The van der Waals surface area contributed by atoms with Gasteiger partial charge in [0.25, 0.3) is 0 Å². The van der Waals surface area contributed by atoms with Gasteiger partial charge < -0.3 is 0 Å². The van der Waals surface area contributed by atoms with Crippen LogP contribution in [0.3, 0.4) is 0 Å². The molecule has 4 nitrogen and oxygen atoms in total. The molecule has 1 aromatic rings. The van der Waals surface area contributed by atoms with E-state index in [4.69, 9.17) is 12.3 Å². The number of hydrogen-bond acceptors (Lipinski definition) is 5. The van der Waals surface area contributed by atoms with Crippen molar-refractivity contribution in [1.82, 2.24) is 15.0 Å². The highest BCUT2D eigenvalue weighted by molar-refractivity contribution is 7.05. The van der Waals surface area contributed by atoms with Crippen molar-refractivity contribution in [3.63, 3.8) is 0 Å². The van der Waals surface area contributed by atoms with Gasteiger partial charge in [0.2, 0.25) is 0 Å². The summed E-state index contributed by atoms with van der Waals surface area (Å²) >= 11 is 1.23. The van der Waals surface area contributed by atoms with Gasteiger partial charge in [-0.1, -0.05) is 10.4 Å². The van der Waals surface area contributed by atoms with Crippen molar-refractivity contribution in [2.24, 2.45) is 5.84 Å². The van der Waals surface area contributed by atoms with Crippen molar-refractivity contribution in [2.45, 2.75) is 6.04 Å². The van der Waals surface area contributed by atoms with Crippen molar-refractivity contribution in [3.8, 4) is 12.3 Å². The van der Waals surface area contributed by atoms with Gasteiger partial charge in [0.1, 0.15) is 6.04 Å². The second kappa shape index (κ2) is 3.27. The first-order chi connectivity index (χ1) is 4.88. The SMILES string of the molecule is C#CC(NN)c1cnns1. The molecule has 0 fully saturated rings. The van der Waals surface area contributed by atoms with Gasteiger partial charge in [-0.3, -0.25) is 5.84 Å². The fraction of sp³-hybridized carbons (Fsp3) is 0.200. The van der Waals surface area contributed by atoms with Crippen LogP contribution in [-0.4, -0.2) is 9.59 Å². The van der Waals surface area contributed by atoms with Crippen LogP contribution in [0.1, 0.15) is 10.9 Å². The van der Waals surface area contributed by atoms with Crippen molar-refractivity contribution in [1.29, 1.82) is 0 Å². The number of terminal acetylenes is 1. The molecule has 0 bridgehead atoms. The summed E-state index contributed by atoms with van der Waals surface area (Å²) in [6.07, 6.45) is 6.73. The molecule has 0 radical (unpaired) electrons. The molecule has 0 aliphatic rings. The number of hydrazine groups is 1. The van der Waals surface area contributed by atoms with E-state index in [9.17, 15) is 0 Å². The van der Waals surface area contributed by atoms with Gasteiger partial charge in [-0.25, -0.2) is 5.43 Å². The predicted octanol–water partition coefficient (Wildman–Crippen LogP) is -0.324. The second-order valence-electron chi connectivity index (χ2n) is 1.59. The Kier molecular flexibility index (Phi) is 2.34. The maximum Gasteiger partial charge on any atom is 0.119 e. The van der Waals surface area contributed by atoms with Crippen molar-refractivity contribution < 1.29 is 0 Å². The lowest BCUT2D eigenvalue weighted by atomic mass is 10.3. The molecule has 0 aromatic carbocycles. The number of aromatic nitrogens is 2. The monoisotopic (exact) mass is 154 g/mol. The Bertz CT molecular complexity index is 224. The molecule has 0 amide bonds. The first kappa shape index (κ1) is 7.15. The van der Waals surface area contributed by atoms with Gasteiger partial charge in [0.05, 0.1) is 11.1 Å². The molecule has 1 atom stereocenters. The number of nitrogens with two attached hydrogens (primary N) is 1. The van der Waals surface area contributed by atoms with Crippen LogP contribution in [0.15, 0.2) is 6.20 Å². The van der Waals surface area contributed by atoms with Gasteiger partial charge in [-0.2, -0.15) is 0 Å². The van der Waals surface area contributed by atoms with Crippen LogP contribution < -0.4 is 11.3 Å². The predicted molar refractivity (Wildman–Crippen MR) is 38.8 cm³/mol. The van der Waals surface area contributed by atoms with Crippen LogP contribution in [0, 0.1) is 12.3 Å². The first-order valence-corrected chi connectivity index (χ1v) is 3.35. The van der Waals surface area contributed by atoms with E-state index in [-0.39, 0.29) is 6.04 Å². The van der Waals surface area contributed by atoms with E-state index in [0.717, 1.165) is 4.88 Å². The minimum Gasteiger partial charge on any atom is -0.270 e. The Morgan fingerprint density at radius 1 is 1.90 bits per heavy atom. The average molecular weight is 154 g/mol. The highest BCUT2D eigenvalue weighted by Gasteiger charge is 2.06. The van der Waals surface area contributed by atoms with E-state index in [0.29, 0.717) is 0 Å². The Labute approximate surface area is 62.6 Å². The van der Waals surface area contributed by atoms with Crippen LogP contribution in [0.4, 0.5) is 0 Å². The number of nitrogens with one attached hydrogen (secondary N) is 1. The third kappa shape index (κ3) is 1.30. The Balaban J connectivity index is 2.76. The van der Waals surface area contributed by atoms with E-state index in [1.807, 2.05) is 0 Å². The third-order valence-electron chi connectivity index (χ3n) is 0.996. The first-order valence-electron chi connectivity index (χ1n) is 2.58. The van der Waals surface area contributed by atoms with Crippen LogP contribution in [0.25, 0.3) is 0 Å². The fourth-order valence-electron chi connectivity index (χ4n) is 0.514. The number of rotatable bonds is 2. The summed E-state index contributed by atoms with van der Waals surface area (Å²) in [5.41, 5.74) is 2.45. The molecular weight excluding hydrogens is 148 g/mol. The molecule has 0 aliphatic heterocycles. The molecule has 1 rings (SSSR count). The van der Waals surface area contributed by atoms with Crippen molar-refractivity contribution in [2.75, 3.05) is 0 Å². The smallest absolute Gasteiger partial charge is 0.119 e. The van der Waals surface area contributed by atoms with Gasteiger partial charge in [-0.15, -0.1) is 11.5 Å². The van der Waals surface area contributed by atoms with E-state index >= 15 is 0 Å². The maximum atomic E-state index is 5.13. The zero-order valence-corrected chi connectivity index (χ0v) is 5.93. The molecule has 10 heavy (non-hydrogen) atoms. The summed E-state index contributed by atoms with van der Waals surface area (Å²) in [5.74, 6) is 7.58. The number of nitrogens with zero attached hydrogens (tertiary/aromatic N) is 2. The quantitative estimate of drug-likeness (QED) is 0.348. The molecule has 0 saturated heterocycles. The molecule has 0 saturated carbocycles. The van der Waals surface area contributed by atoms with Crippen LogP contribution in [0.5, 0.6) is 0 Å². The Hall–Kier alpha value is -0.960. The molecule has 0 aliphatic carbocycles. The minimum absolute atomic E-state index is 0.264. The summed E-state index contributed by atoms with van der Waals surface area (Å²) in [6.45, 7) is 0. The summed E-state index contributed by atoms with van der Waals surface area (Å²) < 4.78 is 3.64. The standard InChI is InChI=1S/C5H6N4S/c1-2-4(8-6)5-3-7-9-10-5/h1,3-4,8H,6H2. The van der Waals surface area contributed by atoms with E-state index in [2.05, 4.69) is 20.9 Å². The zero-order valence-electron chi connectivity index (χ0n) is 5.11. The highest BCUT2D eigenvalue weighted by Crippen LogP contribution is 2.12. The zero-order chi connectivity index (χ0) is 7.40. The van der Waals surface area contributed by atoms with E-state index in [1.54, 1.807) is 6.20 Å². The molecule has 3 N–H and O–H groups in total. The van der Waals surface area contributed by atoms with Crippen LogP contribution >= 0.6 is 11.5 Å². The van der Waals surface area contributed by atoms with Crippen molar-refractivity contribution >= 4 is 11.5 Å². The molecule has 1 unspecified atom stereocenters. The van der Waals surface area contributed by atoms with Crippen LogP contribution in [-0.2, 0) is 0 Å². The summed E-state index contributed by atoms with van der Waals surface area (Å²) in [7, 11) is 0. The average Bonchev–Trinajstić information content (AvgIpc) is 2.43. The Morgan fingerprint density at radius 2 is 2.70 bits per heavy atom. The molecule has 1 heterocycles. The minimum atomic E-state index is -0.264. The molecule has 52 valence electrons. The Morgan fingerprint density at radius 3 is 3.10 bits per heavy atom. The lowest BCUT2D eigenvalue weighted by Crippen LogP contribution is -2.26. The van der Waals surface area contributed by atoms with Gasteiger partial charge in [0.15, 0.2) is 0 Å². The van der Waals surface area contributed by atoms with Gasteiger partial charge >= 0.3 is 0 Å². The van der Waals surface area contributed by atoms with Crippen molar-refractivity contribution in [3.05, 3.63) is 11.1 Å². The third-order valence-corrected chi connectivity index (χ3v) is 1.72. The molecule has 0 spiro atoms. The summed E-state index contributed by atoms with van der Waals surface area (Å²) in [4.78, 5) is 0.852. The molecule has 5 heteroatoms. The normalized spacial score (nSPS) is 12.4. The van der Waals surface area contributed by atoms with Gasteiger partial charge in [-0.05, 0) is 11.5 Å². The molecule has 1 aromatic heterocycles. The highest BCUT2D eigenvalue weighted by atomic mass is 32.1. The number of hydrogen-bond donors (Lipinski definition) is 2. The largest absolute Gasteiger partial charge is 0.270 e. The lowest BCUT2D eigenvalue weighted by Gasteiger charge is -2.02. The van der Waals surface area contributed by atoms with E-state index < -0.39 is 0 Å². The van der Waals surface area contributed by atoms with Crippen LogP contribution in [0.2, 0.25) is 0 Å². The fourth-order valence-corrected chi connectivity index (χ4v) is 1.04. The molecular formula is C5H6N4S. The summed E-state index contributed by atoms with van der Waals surface area (Å²) in [5, 5.41) is 3.62.